The predicted molar refractivity (Wildman–Crippen MR) is 81.7 cm³/mol. The first kappa shape index (κ1) is 15.3. The largest absolute Gasteiger partial charge is 0.392 e. The number of aliphatic hydroxyl groups is 1. The Bertz CT molecular complexity index is 603. The van der Waals surface area contributed by atoms with E-state index in [9.17, 15) is 9.90 Å². The zero-order chi connectivity index (χ0) is 15.4. The van der Waals surface area contributed by atoms with Gasteiger partial charge in [-0.15, -0.1) is 0 Å². The minimum atomic E-state index is -0.574. The number of benzene rings is 1. The van der Waals surface area contributed by atoms with Crippen LogP contribution in [0.25, 0.3) is 5.69 Å². The summed E-state index contributed by atoms with van der Waals surface area (Å²) in [7, 11) is 0. The van der Waals surface area contributed by atoms with E-state index >= 15 is 0 Å². The number of aliphatic hydroxyl groups excluding tert-OH is 1. The number of hydrogen-bond donors (Lipinski definition) is 2. The van der Waals surface area contributed by atoms with Crippen molar-refractivity contribution in [1.29, 1.82) is 0 Å². The maximum Gasteiger partial charge on any atom is 0.271 e. The van der Waals surface area contributed by atoms with Gasteiger partial charge in [-0.25, -0.2) is 4.68 Å². The number of nitrogens with one attached hydrogen (secondary N) is 1. The summed E-state index contributed by atoms with van der Waals surface area (Å²) in [6, 6.07) is 11.5. The monoisotopic (exact) mass is 287 g/mol. The van der Waals surface area contributed by atoms with Gasteiger partial charge in [0.1, 0.15) is 0 Å². The minimum Gasteiger partial charge on any atom is -0.392 e. The van der Waals surface area contributed by atoms with Crippen LogP contribution in [0.3, 0.4) is 0 Å². The molecule has 5 heteroatoms. The van der Waals surface area contributed by atoms with E-state index in [4.69, 9.17) is 0 Å². The molecule has 1 aromatic carbocycles. The van der Waals surface area contributed by atoms with E-state index in [1.807, 2.05) is 30.3 Å². The van der Waals surface area contributed by atoms with Gasteiger partial charge in [0.15, 0.2) is 5.69 Å². The van der Waals surface area contributed by atoms with Crippen LogP contribution in [0.5, 0.6) is 0 Å². The Kier molecular flexibility index (Phi) is 4.75. The third-order valence-corrected chi connectivity index (χ3v) is 3.12. The highest BCUT2D eigenvalue weighted by Gasteiger charge is 2.17. The molecule has 0 aliphatic heterocycles. The van der Waals surface area contributed by atoms with Crippen molar-refractivity contribution in [1.82, 2.24) is 15.1 Å². The lowest BCUT2D eigenvalue weighted by molar-refractivity contribution is 0.0918. The molecule has 0 aliphatic rings. The average molecular weight is 287 g/mol. The van der Waals surface area contributed by atoms with E-state index in [1.165, 1.54) is 0 Å². The molecule has 112 valence electrons. The van der Waals surface area contributed by atoms with Crippen LogP contribution in [0.1, 0.15) is 42.9 Å². The molecule has 0 aliphatic carbocycles. The van der Waals surface area contributed by atoms with Crippen LogP contribution in [0, 0.1) is 0 Å². The molecule has 1 unspecified atom stereocenters. The highest BCUT2D eigenvalue weighted by atomic mass is 16.3. The van der Waals surface area contributed by atoms with Gasteiger partial charge >= 0.3 is 0 Å². The molecule has 0 fully saturated rings. The lowest BCUT2D eigenvalue weighted by Crippen LogP contribution is -2.30. The Balaban J connectivity index is 2.32. The highest BCUT2D eigenvalue weighted by molar-refractivity contribution is 5.92. The Morgan fingerprint density at radius 3 is 2.52 bits per heavy atom. The second-order valence-electron chi connectivity index (χ2n) is 5.42. The molecule has 0 bridgehead atoms. The predicted octanol–water partition coefficient (Wildman–Crippen LogP) is 2.11. The van der Waals surface area contributed by atoms with Gasteiger partial charge in [-0.3, -0.25) is 4.79 Å². The molecule has 1 heterocycles. The van der Waals surface area contributed by atoms with Crippen LogP contribution in [-0.4, -0.2) is 33.4 Å². The third kappa shape index (κ3) is 3.70. The molecule has 1 atom stereocenters. The molecular weight excluding hydrogens is 266 g/mol. The van der Waals surface area contributed by atoms with Crippen molar-refractivity contribution < 1.29 is 9.90 Å². The second kappa shape index (κ2) is 6.54. The Morgan fingerprint density at radius 1 is 1.29 bits per heavy atom. The molecule has 2 aromatic rings. The first-order valence-electron chi connectivity index (χ1n) is 7.10. The van der Waals surface area contributed by atoms with E-state index in [0.29, 0.717) is 5.69 Å². The van der Waals surface area contributed by atoms with Gasteiger partial charge < -0.3 is 10.4 Å². The molecule has 0 saturated heterocycles. The molecule has 2 rings (SSSR count). The second-order valence-corrected chi connectivity index (χ2v) is 5.42. The molecule has 1 aromatic heterocycles. The van der Waals surface area contributed by atoms with E-state index in [-0.39, 0.29) is 18.4 Å². The Hall–Kier alpha value is -2.14. The third-order valence-electron chi connectivity index (χ3n) is 3.12. The fraction of sp³-hybridized carbons (Fsp3) is 0.375. The van der Waals surface area contributed by atoms with Gasteiger partial charge in [-0.2, -0.15) is 5.10 Å². The van der Waals surface area contributed by atoms with Crippen molar-refractivity contribution in [2.45, 2.75) is 32.8 Å². The summed E-state index contributed by atoms with van der Waals surface area (Å²) >= 11 is 0. The molecule has 0 saturated carbocycles. The van der Waals surface area contributed by atoms with Crippen LogP contribution >= 0.6 is 0 Å². The van der Waals surface area contributed by atoms with E-state index in [2.05, 4.69) is 24.3 Å². The molecule has 21 heavy (non-hydrogen) atoms. The topological polar surface area (TPSA) is 67.2 Å². The first-order valence-corrected chi connectivity index (χ1v) is 7.10. The van der Waals surface area contributed by atoms with Gasteiger partial charge in [-0.05, 0) is 31.0 Å². The summed E-state index contributed by atoms with van der Waals surface area (Å²) in [4.78, 5) is 12.1. The maximum atomic E-state index is 12.1. The fourth-order valence-electron chi connectivity index (χ4n) is 2.02. The van der Waals surface area contributed by atoms with Crippen molar-refractivity contribution in [3.8, 4) is 5.69 Å². The molecule has 5 nitrogen and oxygen atoms in total. The SMILES string of the molecule is CC(O)CNC(=O)c1cc(C(C)C)n(-c2ccccc2)n1. The summed E-state index contributed by atoms with van der Waals surface area (Å²) in [6.45, 7) is 5.97. The van der Waals surface area contributed by atoms with E-state index in [1.54, 1.807) is 17.7 Å². The average Bonchev–Trinajstić information content (AvgIpc) is 2.91. The van der Waals surface area contributed by atoms with E-state index < -0.39 is 6.10 Å². The van der Waals surface area contributed by atoms with Crippen molar-refractivity contribution in [2.24, 2.45) is 0 Å². The zero-order valence-corrected chi connectivity index (χ0v) is 12.6. The Labute approximate surface area is 124 Å². The zero-order valence-electron chi connectivity index (χ0n) is 12.6. The van der Waals surface area contributed by atoms with Gasteiger partial charge in [0.25, 0.3) is 5.91 Å². The number of aromatic nitrogens is 2. The van der Waals surface area contributed by atoms with Gasteiger partial charge in [0.2, 0.25) is 0 Å². The first-order chi connectivity index (χ1) is 9.99. The Morgan fingerprint density at radius 2 is 1.95 bits per heavy atom. The molecule has 0 radical (unpaired) electrons. The molecule has 0 spiro atoms. The van der Waals surface area contributed by atoms with Crippen molar-refractivity contribution in [2.75, 3.05) is 6.54 Å². The number of rotatable bonds is 5. The standard InChI is InChI=1S/C16H21N3O2/c1-11(2)15-9-14(16(21)17-10-12(3)20)18-19(15)13-7-5-4-6-8-13/h4-9,11-12,20H,10H2,1-3H3,(H,17,21). The fourth-order valence-corrected chi connectivity index (χ4v) is 2.02. The van der Waals surface area contributed by atoms with Crippen molar-refractivity contribution in [3.63, 3.8) is 0 Å². The number of amides is 1. The molecular formula is C16H21N3O2. The summed E-state index contributed by atoms with van der Waals surface area (Å²) in [5, 5.41) is 16.3. The van der Waals surface area contributed by atoms with Gasteiger partial charge in [-0.1, -0.05) is 32.0 Å². The number of hydrogen-bond acceptors (Lipinski definition) is 3. The maximum absolute atomic E-state index is 12.1. The van der Waals surface area contributed by atoms with Crippen LogP contribution < -0.4 is 5.32 Å². The smallest absolute Gasteiger partial charge is 0.271 e. The van der Waals surface area contributed by atoms with Crippen LogP contribution in [0.4, 0.5) is 0 Å². The highest BCUT2D eigenvalue weighted by Crippen LogP contribution is 2.20. The summed E-state index contributed by atoms with van der Waals surface area (Å²) < 4.78 is 1.79. The van der Waals surface area contributed by atoms with Crippen molar-refractivity contribution in [3.05, 3.63) is 47.8 Å². The van der Waals surface area contributed by atoms with Crippen LogP contribution in [0.2, 0.25) is 0 Å². The quantitative estimate of drug-likeness (QED) is 0.885. The number of nitrogens with zero attached hydrogens (tertiary/aromatic N) is 2. The minimum absolute atomic E-state index is 0.216. The van der Waals surface area contributed by atoms with Crippen molar-refractivity contribution >= 4 is 5.91 Å². The van der Waals surface area contributed by atoms with Gasteiger partial charge in [0, 0.05) is 12.2 Å². The summed E-state index contributed by atoms with van der Waals surface area (Å²) in [5.74, 6) is -0.0245. The van der Waals surface area contributed by atoms with Crippen LogP contribution in [-0.2, 0) is 0 Å². The number of para-hydroxylation sites is 1. The van der Waals surface area contributed by atoms with Gasteiger partial charge in [0.05, 0.1) is 11.8 Å². The normalized spacial score (nSPS) is 12.4. The molecule has 2 N–H and O–H groups in total. The number of carbonyl (C=O) groups is 1. The summed E-state index contributed by atoms with van der Waals surface area (Å²) in [5.41, 5.74) is 2.27. The lowest BCUT2D eigenvalue weighted by Gasteiger charge is -2.09. The lowest BCUT2D eigenvalue weighted by atomic mass is 10.1. The summed E-state index contributed by atoms with van der Waals surface area (Å²) in [6.07, 6.45) is -0.574. The van der Waals surface area contributed by atoms with Crippen LogP contribution in [0.15, 0.2) is 36.4 Å². The molecule has 1 amide bonds. The number of carbonyl (C=O) groups excluding carboxylic acids is 1. The van der Waals surface area contributed by atoms with E-state index in [0.717, 1.165) is 11.4 Å².